The van der Waals surface area contributed by atoms with Crippen molar-refractivity contribution in [3.8, 4) is 5.69 Å². The van der Waals surface area contributed by atoms with Crippen molar-refractivity contribution in [3.63, 3.8) is 0 Å². The second-order valence-electron chi connectivity index (χ2n) is 10.3. The fourth-order valence-corrected chi connectivity index (χ4v) is 5.35. The fourth-order valence-electron chi connectivity index (χ4n) is 5.35. The number of aliphatic hydroxyl groups is 1. The first-order chi connectivity index (χ1) is 18.6. The Balaban J connectivity index is 1.21. The third-order valence-electron chi connectivity index (χ3n) is 7.76. The second-order valence-corrected chi connectivity index (χ2v) is 10.3. The molecular formula is C30H31N5O3. The van der Waals surface area contributed by atoms with Gasteiger partial charge in [0.05, 0.1) is 24.0 Å². The number of aliphatic hydroxyl groups excluding tert-OH is 1. The van der Waals surface area contributed by atoms with Crippen LogP contribution in [0.25, 0.3) is 16.6 Å². The largest absolute Gasteiger partial charge is 0.395 e. The number of carbonyl (C=O) groups is 2. The first kappa shape index (κ1) is 24.3. The average Bonchev–Trinajstić information content (AvgIpc) is 3.74. The van der Waals surface area contributed by atoms with Crippen LogP contribution < -0.4 is 16.0 Å². The maximum Gasteiger partial charge on any atom is 0.255 e. The van der Waals surface area contributed by atoms with Gasteiger partial charge in [0.2, 0.25) is 5.91 Å². The van der Waals surface area contributed by atoms with Crippen LogP contribution in [0.15, 0.2) is 72.9 Å². The van der Waals surface area contributed by atoms with Gasteiger partial charge in [-0.3, -0.25) is 9.59 Å². The molecule has 0 unspecified atom stereocenters. The number of fused-ring (bicyclic) bond motifs is 1. The summed E-state index contributed by atoms with van der Waals surface area (Å²) in [4.78, 5) is 25.4. The number of anilines is 2. The lowest BCUT2D eigenvalue weighted by atomic mass is 9.72. The van der Waals surface area contributed by atoms with Crippen LogP contribution in [-0.4, -0.2) is 46.4 Å². The highest BCUT2D eigenvalue weighted by molar-refractivity contribution is 6.06. The molecule has 6 rings (SSSR count). The van der Waals surface area contributed by atoms with E-state index in [1.807, 2.05) is 71.4 Å². The third kappa shape index (κ3) is 4.68. The number of amides is 2. The highest BCUT2D eigenvalue weighted by Gasteiger charge is 2.36. The summed E-state index contributed by atoms with van der Waals surface area (Å²) in [5, 5.41) is 25.1. The minimum Gasteiger partial charge on any atom is -0.395 e. The molecule has 38 heavy (non-hydrogen) atoms. The Morgan fingerprint density at radius 3 is 2.45 bits per heavy atom. The molecule has 3 aromatic carbocycles. The van der Waals surface area contributed by atoms with E-state index in [4.69, 9.17) is 0 Å². The summed E-state index contributed by atoms with van der Waals surface area (Å²) in [5.74, 6) is 0.0533. The molecule has 1 saturated carbocycles. The molecule has 0 spiro atoms. The summed E-state index contributed by atoms with van der Waals surface area (Å²) in [6.45, 7) is 1.64. The summed E-state index contributed by atoms with van der Waals surface area (Å²) in [6.07, 6.45) is 5.29. The van der Waals surface area contributed by atoms with Gasteiger partial charge < -0.3 is 21.1 Å². The van der Waals surface area contributed by atoms with E-state index in [2.05, 4.69) is 21.0 Å². The number of nitrogens with one attached hydrogen (secondary N) is 3. The number of benzene rings is 3. The molecule has 8 nitrogen and oxygen atoms in total. The smallest absolute Gasteiger partial charge is 0.255 e. The van der Waals surface area contributed by atoms with Gasteiger partial charge >= 0.3 is 0 Å². The number of hydrogen-bond acceptors (Lipinski definition) is 5. The molecule has 1 aliphatic heterocycles. The Labute approximate surface area is 221 Å². The zero-order valence-corrected chi connectivity index (χ0v) is 21.1. The summed E-state index contributed by atoms with van der Waals surface area (Å²) >= 11 is 0. The number of piperidine rings is 1. The van der Waals surface area contributed by atoms with Crippen LogP contribution in [0.2, 0.25) is 0 Å². The molecule has 2 aliphatic rings. The molecule has 0 radical (unpaired) electrons. The number of aromatic nitrogens is 2. The molecule has 2 amide bonds. The normalized spacial score (nSPS) is 16.8. The predicted molar refractivity (Wildman–Crippen MR) is 148 cm³/mol. The molecular weight excluding hydrogens is 478 g/mol. The molecule has 194 valence electrons. The molecule has 4 N–H and O–H groups in total. The minimum atomic E-state index is -0.416. The van der Waals surface area contributed by atoms with E-state index in [1.54, 1.807) is 6.20 Å². The average molecular weight is 510 g/mol. The van der Waals surface area contributed by atoms with Gasteiger partial charge in [-0.05, 0) is 92.9 Å². The van der Waals surface area contributed by atoms with Crippen molar-refractivity contribution in [1.29, 1.82) is 0 Å². The molecule has 2 heterocycles. The molecule has 8 heteroatoms. The van der Waals surface area contributed by atoms with Crippen LogP contribution in [0.3, 0.4) is 0 Å². The standard InChI is InChI=1S/C30H31N5O3/c36-19-30(13-15-31-16-14-30)26-4-2-1-3-25(26)29(38)34-23-9-12-27-21(17-23)18-32-35(27)24-10-7-22(8-11-24)33-28(37)20-5-6-20/h1-4,7-12,17-18,20,31,36H,5-6,13-16,19H2,(H,33,37)(H,34,38). The molecule has 4 aromatic rings. The number of hydrogen-bond donors (Lipinski definition) is 4. The fraction of sp³-hybridized carbons (Fsp3) is 0.300. The van der Waals surface area contributed by atoms with Gasteiger partial charge in [-0.1, -0.05) is 18.2 Å². The van der Waals surface area contributed by atoms with Crippen molar-refractivity contribution in [2.24, 2.45) is 5.92 Å². The number of carbonyl (C=O) groups excluding carboxylic acids is 2. The Kier molecular flexibility index (Phi) is 6.43. The lowest BCUT2D eigenvalue weighted by molar-refractivity contribution is -0.117. The van der Waals surface area contributed by atoms with Crippen molar-refractivity contribution in [2.75, 3.05) is 30.3 Å². The van der Waals surface area contributed by atoms with E-state index < -0.39 is 5.41 Å². The van der Waals surface area contributed by atoms with Gasteiger partial charge in [0.1, 0.15) is 0 Å². The van der Waals surface area contributed by atoms with Gasteiger partial charge in [0.15, 0.2) is 0 Å². The summed E-state index contributed by atoms with van der Waals surface area (Å²) in [5.41, 5.74) is 4.32. The van der Waals surface area contributed by atoms with Gasteiger partial charge in [-0.25, -0.2) is 4.68 Å². The Morgan fingerprint density at radius 2 is 1.71 bits per heavy atom. The highest BCUT2D eigenvalue weighted by atomic mass is 16.3. The van der Waals surface area contributed by atoms with Crippen molar-refractivity contribution >= 4 is 34.1 Å². The van der Waals surface area contributed by atoms with Crippen LogP contribution in [0.1, 0.15) is 41.6 Å². The predicted octanol–water partition coefficient (Wildman–Crippen LogP) is 4.24. The quantitative estimate of drug-likeness (QED) is 0.298. The van der Waals surface area contributed by atoms with Crippen molar-refractivity contribution < 1.29 is 14.7 Å². The first-order valence-electron chi connectivity index (χ1n) is 13.2. The van der Waals surface area contributed by atoms with E-state index in [0.717, 1.165) is 66.6 Å². The Bertz CT molecular complexity index is 1480. The van der Waals surface area contributed by atoms with Crippen LogP contribution in [-0.2, 0) is 10.2 Å². The van der Waals surface area contributed by atoms with E-state index in [1.165, 1.54) is 0 Å². The topological polar surface area (TPSA) is 108 Å². The Morgan fingerprint density at radius 1 is 0.974 bits per heavy atom. The van der Waals surface area contributed by atoms with Gasteiger partial charge in [0.25, 0.3) is 5.91 Å². The monoisotopic (exact) mass is 509 g/mol. The highest BCUT2D eigenvalue weighted by Crippen LogP contribution is 2.36. The summed E-state index contributed by atoms with van der Waals surface area (Å²) < 4.78 is 1.84. The minimum absolute atomic E-state index is 0.0119. The van der Waals surface area contributed by atoms with E-state index in [-0.39, 0.29) is 24.3 Å². The van der Waals surface area contributed by atoms with Crippen molar-refractivity contribution in [1.82, 2.24) is 15.1 Å². The van der Waals surface area contributed by atoms with E-state index in [0.29, 0.717) is 11.3 Å². The Hall–Kier alpha value is -4.01. The lowest BCUT2D eigenvalue weighted by Crippen LogP contribution is -2.43. The molecule has 1 saturated heterocycles. The first-order valence-corrected chi connectivity index (χ1v) is 13.2. The van der Waals surface area contributed by atoms with Crippen LogP contribution in [0, 0.1) is 5.92 Å². The second kappa shape index (κ2) is 10.0. The van der Waals surface area contributed by atoms with Gasteiger partial charge in [-0.2, -0.15) is 5.10 Å². The number of nitrogens with zero attached hydrogens (tertiary/aromatic N) is 2. The SMILES string of the molecule is O=C(Nc1ccc2c(cnn2-c2ccc(NC(=O)C3CC3)cc2)c1)c1ccccc1C1(CO)CCNCC1. The van der Waals surface area contributed by atoms with Crippen molar-refractivity contribution in [3.05, 3.63) is 84.1 Å². The third-order valence-corrected chi connectivity index (χ3v) is 7.76. The molecule has 1 aromatic heterocycles. The van der Waals surface area contributed by atoms with Gasteiger partial charge in [-0.15, -0.1) is 0 Å². The molecule has 1 aliphatic carbocycles. The zero-order chi connectivity index (χ0) is 26.1. The molecule has 2 fully saturated rings. The van der Waals surface area contributed by atoms with Crippen LogP contribution in [0.5, 0.6) is 0 Å². The van der Waals surface area contributed by atoms with E-state index >= 15 is 0 Å². The maximum atomic E-state index is 13.4. The summed E-state index contributed by atoms with van der Waals surface area (Å²) in [6, 6.07) is 20.9. The lowest BCUT2D eigenvalue weighted by Gasteiger charge is -2.37. The van der Waals surface area contributed by atoms with Crippen molar-refractivity contribution in [2.45, 2.75) is 31.1 Å². The van der Waals surface area contributed by atoms with E-state index in [9.17, 15) is 14.7 Å². The van der Waals surface area contributed by atoms with Gasteiger partial charge in [0, 0.05) is 33.7 Å². The zero-order valence-electron chi connectivity index (χ0n) is 21.1. The molecule has 0 atom stereocenters. The van der Waals surface area contributed by atoms with Crippen LogP contribution >= 0.6 is 0 Å². The molecule has 0 bridgehead atoms. The number of rotatable bonds is 7. The summed E-state index contributed by atoms with van der Waals surface area (Å²) in [7, 11) is 0. The van der Waals surface area contributed by atoms with Crippen LogP contribution in [0.4, 0.5) is 11.4 Å². The maximum absolute atomic E-state index is 13.4.